The molecule has 3 N–H and O–H groups in total. The van der Waals surface area contributed by atoms with Crippen LogP contribution in [-0.4, -0.2) is 9.94 Å². The van der Waals surface area contributed by atoms with Gasteiger partial charge < -0.3 is 0 Å². The van der Waals surface area contributed by atoms with Crippen molar-refractivity contribution < 1.29 is 24.6 Å². The van der Waals surface area contributed by atoms with Crippen LogP contribution in [0, 0.1) is 10.6 Å². The maximum absolute atomic E-state index is 9.20. The molecular weight excluding hydrogens is 300 g/mol. The first kappa shape index (κ1) is 7.54. The summed E-state index contributed by atoms with van der Waals surface area (Å²) in [4.78, 5) is 0. The molecule has 0 atom stereocenters. The summed E-state index contributed by atoms with van der Waals surface area (Å²) < 4.78 is 1.88. The molecule has 0 aromatic carbocycles. The van der Waals surface area contributed by atoms with E-state index in [9.17, 15) is 5.21 Å². The molecule has 0 amide bonds. The molecule has 54 valence electrons. The Balaban J connectivity index is 3.50. The second kappa shape index (κ2) is 2.59. The van der Waals surface area contributed by atoms with Crippen LogP contribution in [0.3, 0.4) is 0 Å². The van der Waals surface area contributed by atoms with Gasteiger partial charge in [-0.25, -0.2) is 0 Å². The van der Waals surface area contributed by atoms with E-state index >= 15 is 0 Å². The Morgan fingerprint density at radius 3 is 2.70 bits per heavy atom. The number of hydrogen-bond acceptors (Lipinski definition) is 2. The number of anilines is 1. The van der Waals surface area contributed by atoms with E-state index < -0.39 is 0 Å². The van der Waals surface area contributed by atoms with Crippen molar-refractivity contribution in [3.63, 3.8) is 0 Å². The Hall–Kier alpha value is -0.562. The topological polar surface area (TPSA) is 51.2 Å². The van der Waals surface area contributed by atoms with Crippen LogP contribution in [0.2, 0.25) is 0 Å². The summed E-state index contributed by atoms with van der Waals surface area (Å²) in [5.74, 6) is 0.385. The number of aromatic nitrogens is 1. The van der Waals surface area contributed by atoms with Crippen molar-refractivity contribution in [3.05, 3.63) is 21.4 Å². The van der Waals surface area contributed by atoms with Crippen LogP contribution in [0.5, 0.6) is 0 Å². The number of rotatable bonds is 0. The third kappa shape index (κ3) is 1.14. The van der Waals surface area contributed by atoms with Gasteiger partial charge in [0.05, 0.1) is 0 Å². The Morgan fingerprint density at radius 2 is 2.20 bits per heavy atom. The van der Waals surface area contributed by atoms with Crippen LogP contribution in [0.1, 0.15) is 5.56 Å². The van der Waals surface area contributed by atoms with E-state index in [1.807, 2.05) is 13.0 Å². The van der Waals surface area contributed by atoms with Gasteiger partial charge in [-0.05, 0) is 0 Å². The van der Waals surface area contributed by atoms with Crippen molar-refractivity contribution in [1.82, 2.24) is 4.73 Å². The fraction of sp³-hybridized carbons (Fsp3) is 0.167. The van der Waals surface area contributed by atoms with E-state index in [2.05, 4.69) is 0 Å². The maximum atomic E-state index is 9.20. The van der Waals surface area contributed by atoms with E-state index in [1.54, 1.807) is 6.07 Å². The molecule has 0 aliphatic rings. The molecule has 1 aromatic rings. The molecule has 4 heteroatoms. The van der Waals surface area contributed by atoms with E-state index in [0.717, 1.165) is 14.0 Å². The predicted octanol–water partition coefficient (Wildman–Crippen LogP) is 0.695. The van der Waals surface area contributed by atoms with Gasteiger partial charge in [-0.1, -0.05) is 0 Å². The van der Waals surface area contributed by atoms with Crippen LogP contribution >= 0.6 is 0 Å². The second-order valence-electron chi connectivity index (χ2n) is 2.06. The van der Waals surface area contributed by atoms with Crippen LogP contribution in [0.25, 0.3) is 0 Å². The standard InChI is InChI=1S/C6H8N2O.W/c1-5-2-3-6(7)8(9)4-5;/h2-3,9H,7H2,1H3;. The summed E-state index contributed by atoms with van der Waals surface area (Å²) in [6.07, 6.45) is 0. The number of nitrogens with zero attached hydrogens (tertiary/aromatic N) is 1. The first-order valence-corrected chi connectivity index (χ1v) is 4.27. The third-order valence-corrected chi connectivity index (χ3v) is 3.06. The fourth-order valence-corrected chi connectivity index (χ4v) is 1.26. The fourth-order valence-electron chi connectivity index (χ4n) is 0.637. The van der Waals surface area contributed by atoms with E-state index in [0.29, 0.717) is 5.82 Å². The van der Waals surface area contributed by atoms with Crippen LogP contribution in [0.4, 0.5) is 5.82 Å². The predicted molar refractivity (Wildman–Crippen MR) is 34.0 cm³/mol. The molecule has 10 heavy (non-hydrogen) atoms. The Kier molecular flexibility index (Phi) is 1.95. The quantitative estimate of drug-likeness (QED) is 0.693. The van der Waals surface area contributed by atoms with Crippen LogP contribution < -0.4 is 5.73 Å². The van der Waals surface area contributed by atoms with Crippen molar-refractivity contribution in [2.45, 2.75) is 6.92 Å². The van der Waals surface area contributed by atoms with Gasteiger partial charge in [-0.15, -0.1) is 0 Å². The molecular formula is C6H8N2OW. The molecule has 0 unspecified atom stereocenters. The van der Waals surface area contributed by atoms with Crippen molar-refractivity contribution in [2.24, 2.45) is 0 Å². The summed E-state index contributed by atoms with van der Waals surface area (Å²) in [7, 11) is 0. The zero-order valence-corrected chi connectivity index (χ0v) is 8.47. The molecule has 1 rings (SSSR count). The van der Waals surface area contributed by atoms with Gasteiger partial charge in [0, 0.05) is 0 Å². The summed E-state index contributed by atoms with van der Waals surface area (Å²) in [5, 5.41) is 9.20. The van der Waals surface area contributed by atoms with Crippen molar-refractivity contribution in [2.75, 3.05) is 5.73 Å². The van der Waals surface area contributed by atoms with Crippen molar-refractivity contribution >= 4 is 5.82 Å². The van der Waals surface area contributed by atoms with Gasteiger partial charge in [0.1, 0.15) is 0 Å². The third-order valence-electron chi connectivity index (χ3n) is 1.28. The van der Waals surface area contributed by atoms with Gasteiger partial charge in [0.15, 0.2) is 0 Å². The first-order valence-electron chi connectivity index (χ1n) is 2.80. The number of aryl methyl sites for hydroxylation is 1. The SMILES string of the molecule is Cc1ccc(N)n(O)[c]1=[W]. The zero-order valence-electron chi connectivity index (χ0n) is 5.53. The number of hydrogen-bond donors (Lipinski definition) is 2. The van der Waals surface area contributed by atoms with Crippen LogP contribution in [0.15, 0.2) is 12.1 Å². The van der Waals surface area contributed by atoms with Gasteiger partial charge in [-0.2, -0.15) is 0 Å². The monoisotopic (exact) mass is 308 g/mol. The van der Waals surface area contributed by atoms with Gasteiger partial charge in [0.2, 0.25) is 0 Å². The molecule has 0 fully saturated rings. The minimum atomic E-state index is 0.385. The van der Waals surface area contributed by atoms with Crippen molar-refractivity contribution in [3.8, 4) is 0 Å². The number of nitrogens with two attached hydrogens (primary N) is 1. The Morgan fingerprint density at radius 1 is 1.60 bits per heavy atom. The molecule has 0 spiro atoms. The molecule has 0 bridgehead atoms. The molecule has 0 radical (unpaired) electrons. The van der Waals surface area contributed by atoms with Crippen molar-refractivity contribution in [1.29, 1.82) is 0 Å². The summed E-state index contributed by atoms with van der Waals surface area (Å²) in [5.41, 5.74) is 6.48. The molecule has 0 aliphatic carbocycles. The molecule has 3 nitrogen and oxygen atoms in total. The average Bonchev–Trinajstić information content (AvgIpc) is 1.93. The summed E-state index contributed by atoms with van der Waals surface area (Å²) >= 11 is 1.21. The van der Waals surface area contributed by atoms with Gasteiger partial charge in [-0.3, -0.25) is 0 Å². The van der Waals surface area contributed by atoms with Gasteiger partial charge >= 0.3 is 69.1 Å². The molecule has 0 aliphatic heterocycles. The second-order valence-corrected chi connectivity index (χ2v) is 3.45. The number of pyridine rings is 1. The minimum absolute atomic E-state index is 0.385. The normalized spacial score (nSPS) is 9.70. The van der Waals surface area contributed by atoms with E-state index in [-0.39, 0.29) is 0 Å². The molecule has 1 heterocycles. The molecule has 0 saturated carbocycles. The Labute approximate surface area is 69.5 Å². The summed E-state index contributed by atoms with van der Waals surface area (Å²) in [6.45, 7) is 1.94. The zero-order chi connectivity index (χ0) is 7.72. The first-order chi connectivity index (χ1) is 4.63. The molecule has 1 aromatic heterocycles. The van der Waals surface area contributed by atoms with E-state index in [4.69, 9.17) is 5.73 Å². The van der Waals surface area contributed by atoms with Gasteiger partial charge in [0.25, 0.3) is 0 Å². The number of nitrogen functional groups attached to an aromatic ring is 1. The van der Waals surface area contributed by atoms with E-state index in [1.165, 1.54) is 19.4 Å². The molecule has 0 saturated heterocycles. The average molecular weight is 308 g/mol. The Bertz CT molecular complexity index is 305. The van der Waals surface area contributed by atoms with Crippen LogP contribution in [-0.2, 0) is 19.4 Å². The summed E-state index contributed by atoms with van der Waals surface area (Å²) in [6, 6.07) is 3.58.